The Morgan fingerprint density at radius 2 is 2.39 bits per heavy atom. The summed E-state index contributed by atoms with van der Waals surface area (Å²) in [6, 6.07) is 0.614. The number of rotatable bonds is 4. The van der Waals surface area contributed by atoms with Gasteiger partial charge in [-0.1, -0.05) is 20.3 Å². The van der Waals surface area contributed by atoms with Gasteiger partial charge in [-0.2, -0.15) is 0 Å². The molecule has 2 unspecified atom stereocenters. The highest BCUT2D eigenvalue weighted by molar-refractivity contribution is 7.09. The summed E-state index contributed by atoms with van der Waals surface area (Å²) >= 11 is 1.76. The molecule has 4 heteroatoms. The molecular weight excluding hydrogens is 242 g/mol. The molecule has 0 aromatic carbocycles. The molecule has 0 aliphatic carbocycles. The lowest BCUT2D eigenvalue weighted by molar-refractivity contribution is 0.0448. The van der Waals surface area contributed by atoms with Crippen LogP contribution in [0.1, 0.15) is 39.1 Å². The summed E-state index contributed by atoms with van der Waals surface area (Å²) in [5, 5.41) is 7.01. The Kier molecular flexibility index (Phi) is 4.41. The minimum Gasteiger partial charge on any atom is -0.311 e. The minimum atomic E-state index is 0.218. The highest BCUT2D eigenvalue weighted by Crippen LogP contribution is 2.25. The van der Waals surface area contributed by atoms with Gasteiger partial charge in [0.2, 0.25) is 0 Å². The molecule has 0 radical (unpaired) electrons. The van der Waals surface area contributed by atoms with E-state index in [9.17, 15) is 0 Å². The number of aromatic nitrogens is 1. The monoisotopic (exact) mass is 267 g/mol. The van der Waals surface area contributed by atoms with Gasteiger partial charge in [-0.15, -0.1) is 11.3 Å². The largest absolute Gasteiger partial charge is 0.311 e. The van der Waals surface area contributed by atoms with Crippen molar-refractivity contribution >= 4 is 11.3 Å². The van der Waals surface area contributed by atoms with Gasteiger partial charge in [-0.3, -0.25) is 4.90 Å². The normalized spacial score (nSPS) is 26.1. The third-order valence-electron chi connectivity index (χ3n) is 4.21. The summed E-state index contributed by atoms with van der Waals surface area (Å²) in [5.41, 5.74) is 0.218. The van der Waals surface area contributed by atoms with Gasteiger partial charge in [0.05, 0.1) is 6.54 Å². The highest BCUT2D eigenvalue weighted by atomic mass is 32.1. The first-order chi connectivity index (χ1) is 8.53. The fourth-order valence-corrected chi connectivity index (χ4v) is 3.11. The number of thiazole rings is 1. The Balaban J connectivity index is 2.04. The van der Waals surface area contributed by atoms with E-state index in [0.717, 1.165) is 25.6 Å². The summed E-state index contributed by atoms with van der Waals surface area (Å²) < 4.78 is 0. The zero-order valence-corrected chi connectivity index (χ0v) is 12.8. The van der Waals surface area contributed by atoms with E-state index in [-0.39, 0.29) is 5.54 Å². The van der Waals surface area contributed by atoms with Crippen molar-refractivity contribution < 1.29 is 0 Å². The highest BCUT2D eigenvalue weighted by Gasteiger charge is 2.35. The lowest BCUT2D eigenvalue weighted by Crippen LogP contribution is -2.62. The quantitative estimate of drug-likeness (QED) is 0.909. The molecule has 18 heavy (non-hydrogen) atoms. The van der Waals surface area contributed by atoms with Crippen LogP contribution in [0.5, 0.6) is 0 Å². The summed E-state index contributed by atoms with van der Waals surface area (Å²) in [6.45, 7) is 12.4. The first-order valence-electron chi connectivity index (χ1n) is 6.89. The van der Waals surface area contributed by atoms with Crippen molar-refractivity contribution in [1.29, 1.82) is 0 Å². The average Bonchev–Trinajstić information content (AvgIpc) is 2.83. The van der Waals surface area contributed by atoms with E-state index in [0.29, 0.717) is 6.04 Å². The second-order valence-electron chi connectivity index (χ2n) is 5.99. The molecule has 2 atom stereocenters. The number of hydrogen-bond donors (Lipinski definition) is 1. The van der Waals surface area contributed by atoms with E-state index in [1.54, 1.807) is 11.3 Å². The van der Waals surface area contributed by atoms with Crippen molar-refractivity contribution in [2.24, 2.45) is 5.92 Å². The Labute approximate surface area is 115 Å². The van der Waals surface area contributed by atoms with Crippen LogP contribution < -0.4 is 5.32 Å². The van der Waals surface area contributed by atoms with E-state index in [2.05, 4.69) is 48.3 Å². The zero-order valence-electron chi connectivity index (χ0n) is 11.9. The van der Waals surface area contributed by atoms with Crippen molar-refractivity contribution in [3.05, 3.63) is 16.6 Å². The van der Waals surface area contributed by atoms with Crippen LogP contribution in [0.3, 0.4) is 0 Å². The summed E-state index contributed by atoms with van der Waals surface area (Å²) in [5.74, 6) is 0.736. The standard InChI is InChI=1S/C14H25N3S/c1-5-11(2)12-8-17(14(3,4)10-16-12)9-13-15-6-7-18-13/h6-7,11-12,16H,5,8-10H2,1-4H3. The van der Waals surface area contributed by atoms with E-state index in [1.165, 1.54) is 11.4 Å². The average molecular weight is 267 g/mol. The molecule has 0 amide bonds. The van der Waals surface area contributed by atoms with Crippen LogP contribution >= 0.6 is 11.3 Å². The predicted molar refractivity (Wildman–Crippen MR) is 77.8 cm³/mol. The SMILES string of the molecule is CCC(C)C1CN(Cc2nccs2)C(C)(C)CN1. The molecule has 1 aromatic rings. The molecule has 1 aromatic heterocycles. The van der Waals surface area contributed by atoms with Gasteiger partial charge < -0.3 is 5.32 Å². The van der Waals surface area contributed by atoms with E-state index in [4.69, 9.17) is 0 Å². The van der Waals surface area contributed by atoms with Gasteiger partial charge in [-0.25, -0.2) is 4.98 Å². The summed E-state index contributed by atoms with van der Waals surface area (Å²) in [4.78, 5) is 7.00. The topological polar surface area (TPSA) is 28.2 Å². The van der Waals surface area contributed by atoms with Crippen molar-refractivity contribution in [1.82, 2.24) is 15.2 Å². The Morgan fingerprint density at radius 3 is 3.00 bits per heavy atom. The maximum Gasteiger partial charge on any atom is 0.107 e. The van der Waals surface area contributed by atoms with Crippen LogP contribution in [-0.2, 0) is 6.54 Å². The van der Waals surface area contributed by atoms with Gasteiger partial charge in [-0.05, 0) is 19.8 Å². The lowest BCUT2D eigenvalue weighted by Gasteiger charge is -2.47. The Morgan fingerprint density at radius 1 is 1.61 bits per heavy atom. The molecular formula is C14H25N3S. The molecule has 102 valence electrons. The van der Waals surface area contributed by atoms with Gasteiger partial charge in [0.15, 0.2) is 0 Å². The lowest BCUT2D eigenvalue weighted by atomic mass is 9.91. The minimum absolute atomic E-state index is 0.218. The van der Waals surface area contributed by atoms with Gasteiger partial charge in [0.25, 0.3) is 0 Å². The van der Waals surface area contributed by atoms with E-state index < -0.39 is 0 Å². The van der Waals surface area contributed by atoms with Gasteiger partial charge >= 0.3 is 0 Å². The first kappa shape index (κ1) is 14.0. The molecule has 1 aliphatic rings. The first-order valence-corrected chi connectivity index (χ1v) is 7.77. The number of piperazine rings is 1. The molecule has 0 saturated carbocycles. The Bertz CT molecular complexity index is 361. The molecule has 1 N–H and O–H groups in total. The fraction of sp³-hybridized carbons (Fsp3) is 0.786. The Hall–Kier alpha value is -0.450. The van der Waals surface area contributed by atoms with Crippen LogP contribution in [0, 0.1) is 5.92 Å². The van der Waals surface area contributed by atoms with Crippen molar-refractivity contribution in [2.75, 3.05) is 13.1 Å². The van der Waals surface area contributed by atoms with Crippen LogP contribution in [-0.4, -0.2) is 34.6 Å². The molecule has 1 saturated heterocycles. The molecule has 0 bridgehead atoms. The third kappa shape index (κ3) is 3.11. The van der Waals surface area contributed by atoms with Crippen LogP contribution in [0.25, 0.3) is 0 Å². The van der Waals surface area contributed by atoms with Gasteiger partial charge in [0.1, 0.15) is 5.01 Å². The number of nitrogens with zero attached hydrogens (tertiary/aromatic N) is 2. The molecule has 2 heterocycles. The zero-order chi connectivity index (χ0) is 13.2. The smallest absolute Gasteiger partial charge is 0.107 e. The van der Waals surface area contributed by atoms with E-state index in [1.807, 2.05) is 6.20 Å². The van der Waals surface area contributed by atoms with Crippen molar-refractivity contribution in [3.63, 3.8) is 0 Å². The predicted octanol–water partition coefficient (Wildman–Crippen LogP) is 2.74. The summed E-state index contributed by atoms with van der Waals surface area (Å²) in [7, 11) is 0. The van der Waals surface area contributed by atoms with Crippen LogP contribution in [0.2, 0.25) is 0 Å². The molecule has 1 aliphatic heterocycles. The second-order valence-corrected chi connectivity index (χ2v) is 6.97. The second kappa shape index (κ2) is 5.68. The maximum absolute atomic E-state index is 4.42. The maximum atomic E-state index is 4.42. The van der Waals surface area contributed by atoms with E-state index >= 15 is 0 Å². The number of hydrogen-bond acceptors (Lipinski definition) is 4. The number of nitrogens with one attached hydrogen (secondary N) is 1. The molecule has 0 spiro atoms. The van der Waals surface area contributed by atoms with Crippen molar-refractivity contribution in [2.45, 2.75) is 52.2 Å². The fourth-order valence-electron chi connectivity index (χ4n) is 2.48. The summed E-state index contributed by atoms with van der Waals surface area (Å²) in [6.07, 6.45) is 3.14. The molecule has 3 nitrogen and oxygen atoms in total. The third-order valence-corrected chi connectivity index (χ3v) is 4.97. The van der Waals surface area contributed by atoms with Crippen LogP contribution in [0.4, 0.5) is 0 Å². The molecule has 1 fully saturated rings. The van der Waals surface area contributed by atoms with Gasteiger partial charge in [0, 0.05) is 36.2 Å². The molecule has 2 rings (SSSR count). The van der Waals surface area contributed by atoms with Crippen LogP contribution in [0.15, 0.2) is 11.6 Å². The van der Waals surface area contributed by atoms with Crippen molar-refractivity contribution in [3.8, 4) is 0 Å².